The molecular weight excluding hydrogens is 581 g/mol. The predicted molar refractivity (Wildman–Crippen MR) is 182 cm³/mol. The van der Waals surface area contributed by atoms with Crippen LogP contribution in [0.25, 0.3) is 67.5 Å². The molecule has 0 spiro atoms. The van der Waals surface area contributed by atoms with Crippen molar-refractivity contribution in [3.63, 3.8) is 0 Å². The van der Waals surface area contributed by atoms with Crippen LogP contribution < -0.4 is 0 Å². The number of rotatable bonds is 6. The molecule has 0 amide bonds. The normalized spacial score (nSPS) is 11.0. The summed E-state index contributed by atoms with van der Waals surface area (Å²) >= 11 is 12.4. The monoisotopic (exact) mass is 605 g/mol. The first-order valence-corrected chi connectivity index (χ1v) is 15.0. The summed E-state index contributed by atoms with van der Waals surface area (Å²) in [7, 11) is 0. The van der Waals surface area contributed by atoms with Gasteiger partial charge in [-0.25, -0.2) is 15.0 Å². The molecule has 7 aromatic rings. The maximum Gasteiger partial charge on any atom is 0.164 e. The van der Waals surface area contributed by atoms with E-state index in [1.807, 2.05) is 78.9 Å². The van der Waals surface area contributed by atoms with E-state index in [4.69, 9.17) is 38.2 Å². The van der Waals surface area contributed by atoms with Crippen molar-refractivity contribution in [2.45, 2.75) is 0 Å². The lowest BCUT2D eigenvalue weighted by atomic mass is 10.0. The van der Waals surface area contributed by atoms with Gasteiger partial charge in [0.05, 0.1) is 10.0 Å². The van der Waals surface area contributed by atoms with Crippen molar-refractivity contribution in [1.82, 2.24) is 15.0 Å². The number of benzene rings is 6. The Hall–Kier alpha value is -5.09. The molecule has 0 aliphatic heterocycles. The van der Waals surface area contributed by atoms with Crippen molar-refractivity contribution >= 4 is 23.2 Å². The first-order chi connectivity index (χ1) is 21.6. The van der Waals surface area contributed by atoms with Crippen LogP contribution in [0.5, 0.6) is 0 Å². The molecule has 0 bridgehead atoms. The van der Waals surface area contributed by atoms with E-state index in [0.717, 1.165) is 50.1 Å². The molecule has 5 heteroatoms. The molecule has 210 valence electrons. The SMILES string of the molecule is Clc1ccc(-c2ccc(-c3nc(-c4ccc(-c5ccccc5)cc4)nc(-c4ccc(-c5ccccc5)cc4)n3)cc2)cc1Cl. The average molecular weight is 607 g/mol. The van der Waals surface area contributed by atoms with Gasteiger partial charge in [0.2, 0.25) is 0 Å². The van der Waals surface area contributed by atoms with Crippen LogP contribution in [0.4, 0.5) is 0 Å². The second-order valence-electron chi connectivity index (χ2n) is 10.4. The van der Waals surface area contributed by atoms with Gasteiger partial charge >= 0.3 is 0 Å². The number of halogens is 2. The van der Waals surface area contributed by atoms with Crippen molar-refractivity contribution in [3.05, 3.63) is 162 Å². The Bertz CT molecular complexity index is 1940. The molecule has 0 N–H and O–H groups in total. The highest BCUT2D eigenvalue weighted by molar-refractivity contribution is 6.42. The highest BCUT2D eigenvalue weighted by Gasteiger charge is 2.13. The van der Waals surface area contributed by atoms with Crippen molar-refractivity contribution < 1.29 is 0 Å². The zero-order chi connectivity index (χ0) is 29.9. The van der Waals surface area contributed by atoms with Gasteiger partial charge in [0.1, 0.15) is 0 Å². The zero-order valence-corrected chi connectivity index (χ0v) is 25.0. The molecule has 0 fully saturated rings. The molecule has 0 unspecified atom stereocenters. The molecule has 44 heavy (non-hydrogen) atoms. The summed E-state index contributed by atoms with van der Waals surface area (Å²) in [5, 5.41) is 1.06. The van der Waals surface area contributed by atoms with Gasteiger partial charge in [-0.3, -0.25) is 0 Å². The standard InChI is InChI=1S/C39H25Cl2N3/c40-35-24-23-34(25-36(35)41)30-15-21-33(22-16-30)39-43-37(31-17-11-28(12-18-31)26-7-3-1-4-8-26)42-38(44-39)32-19-13-29(14-20-32)27-9-5-2-6-10-27/h1-25H. The molecule has 0 saturated carbocycles. The second-order valence-corrected chi connectivity index (χ2v) is 11.2. The molecule has 0 aliphatic carbocycles. The van der Waals surface area contributed by atoms with Gasteiger partial charge in [0.25, 0.3) is 0 Å². The molecule has 1 heterocycles. The van der Waals surface area contributed by atoms with Gasteiger partial charge in [0.15, 0.2) is 17.5 Å². The first kappa shape index (κ1) is 27.7. The Balaban J connectivity index is 1.28. The summed E-state index contributed by atoms with van der Waals surface area (Å²) in [6.45, 7) is 0. The Morgan fingerprint density at radius 1 is 0.273 bits per heavy atom. The maximum atomic E-state index is 6.27. The Morgan fingerprint density at radius 2 is 0.568 bits per heavy atom. The summed E-state index contributed by atoms with van der Waals surface area (Å²) in [5.74, 6) is 1.83. The van der Waals surface area contributed by atoms with Crippen LogP contribution in [0.2, 0.25) is 10.0 Å². The first-order valence-electron chi connectivity index (χ1n) is 14.2. The lowest BCUT2D eigenvalue weighted by Crippen LogP contribution is -2.00. The number of aromatic nitrogens is 3. The summed E-state index contributed by atoms with van der Waals surface area (Å²) in [5.41, 5.74) is 9.34. The summed E-state index contributed by atoms with van der Waals surface area (Å²) in [6, 6.07) is 51.1. The van der Waals surface area contributed by atoms with Crippen molar-refractivity contribution in [2.75, 3.05) is 0 Å². The minimum Gasteiger partial charge on any atom is -0.208 e. The summed E-state index contributed by atoms with van der Waals surface area (Å²) in [6.07, 6.45) is 0. The van der Waals surface area contributed by atoms with Crippen LogP contribution in [0.3, 0.4) is 0 Å². The molecule has 3 nitrogen and oxygen atoms in total. The summed E-state index contributed by atoms with van der Waals surface area (Å²) < 4.78 is 0. The molecule has 0 saturated heterocycles. The largest absolute Gasteiger partial charge is 0.208 e. The number of hydrogen-bond donors (Lipinski definition) is 0. The van der Waals surface area contributed by atoms with Crippen LogP contribution in [0.1, 0.15) is 0 Å². The van der Waals surface area contributed by atoms with E-state index in [1.54, 1.807) is 0 Å². The van der Waals surface area contributed by atoms with Gasteiger partial charge < -0.3 is 0 Å². The van der Waals surface area contributed by atoms with E-state index in [0.29, 0.717) is 27.5 Å². The van der Waals surface area contributed by atoms with Gasteiger partial charge in [-0.2, -0.15) is 0 Å². The molecule has 0 aliphatic rings. The fourth-order valence-electron chi connectivity index (χ4n) is 5.14. The van der Waals surface area contributed by atoms with E-state index >= 15 is 0 Å². The van der Waals surface area contributed by atoms with Gasteiger partial charge in [-0.1, -0.05) is 163 Å². The quantitative estimate of drug-likeness (QED) is 0.189. The smallest absolute Gasteiger partial charge is 0.164 e. The van der Waals surface area contributed by atoms with Crippen LogP contribution in [-0.4, -0.2) is 15.0 Å². The van der Waals surface area contributed by atoms with Gasteiger partial charge in [-0.15, -0.1) is 0 Å². The van der Waals surface area contributed by atoms with E-state index in [2.05, 4.69) is 72.8 Å². The minimum absolute atomic E-state index is 0.525. The van der Waals surface area contributed by atoms with E-state index < -0.39 is 0 Å². The minimum atomic E-state index is 0.525. The second kappa shape index (κ2) is 12.3. The molecule has 7 rings (SSSR count). The summed E-state index contributed by atoms with van der Waals surface area (Å²) in [4.78, 5) is 14.8. The highest BCUT2D eigenvalue weighted by Crippen LogP contribution is 2.32. The molecule has 0 atom stereocenters. The lowest BCUT2D eigenvalue weighted by molar-refractivity contribution is 1.07. The number of nitrogens with zero attached hydrogens (tertiary/aromatic N) is 3. The molecule has 0 radical (unpaired) electrons. The lowest BCUT2D eigenvalue weighted by Gasteiger charge is -2.10. The van der Waals surface area contributed by atoms with Crippen LogP contribution in [0, 0.1) is 0 Å². The molecule has 1 aromatic heterocycles. The third kappa shape index (κ3) is 5.89. The topological polar surface area (TPSA) is 38.7 Å². The van der Waals surface area contributed by atoms with Gasteiger partial charge in [-0.05, 0) is 45.5 Å². The highest BCUT2D eigenvalue weighted by atomic mass is 35.5. The Kier molecular flexibility index (Phi) is 7.72. The third-order valence-corrected chi connectivity index (χ3v) is 8.27. The zero-order valence-electron chi connectivity index (χ0n) is 23.5. The van der Waals surface area contributed by atoms with E-state index in [1.165, 1.54) is 0 Å². The van der Waals surface area contributed by atoms with Crippen LogP contribution >= 0.6 is 23.2 Å². The van der Waals surface area contributed by atoms with Crippen LogP contribution in [-0.2, 0) is 0 Å². The van der Waals surface area contributed by atoms with E-state index in [-0.39, 0.29) is 0 Å². The van der Waals surface area contributed by atoms with Crippen molar-refractivity contribution in [2.24, 2.45) is 0 Å². The van der Waals surface area contributed by atoms with Gasteiger partial charge in [0, 0.05) is 16.7 Å². The Morgan fingerprint density at radius 3 is 0.932 bits per heavy atom. The van der Waals surface area contributed by atoms with Crippen molar-refractivity contribution in [3.8, 4) is 67.5 Å². The average Bonchev–Trinajstić information content (AvgIpc) is 3.10. The number of hydrogen-bond acceptors (Lipinski definition) is 3. The fourth-order valence-corrected chi connectivity index (χ4v) is 5.43. The predicted octanol–water partition coefficient (Wildman–Crippen LogP) is 11.2. The fraction of sp³-hybridized carbons (Fsp3) is 0. The van der Waals surface area contributed by atoms with E-state index in [9.17, 15) is 0 Å². The van der Waals surface area contributed by atoms with Crippen molar-refractivity contribution in [1.29, 1.82) is 0 Å². The molecular formula is C39H25Cl2N3. The third-order valence-electron chi connectivity index (χ3n) is 7.53. The molecule has 6 aromatic carbocycles. The Labute approximate surface area is 266 Å². The van der Waals surface area contributed by atoms with Crippen LogP contribution in [0.15, 0.2) is 152 Å². The maximum absolute atomic E-state index is 6.27.